The molecule has 0 amide bonds. The van der Waals surface area contributed by atoms with E-state index in [1.165, 1.54) is 19.3 Å². The van der Waals surface area contributed by atoms with Crippen molar-refractivity contribution in [2.45, 2.75) is 38.3 Å². The highest BCUT2D eigenvalue weighted by Crippen LogP contribution is 2.32. The van der Waals surface area contributed by atoms with Crippen LogP contribution in [-0.4, -0.2) is 12.6 Å². The summed E-state index contributed by atoms with van der Waals surface area (Å²) in [6.45, 7) is 2.80. The Kier molecular flexibility index (Phi) is 4.91. The fourth-order valence-electron chi connectivity index (χ4n) is 2.76. The number of nitrogens with two attached hydrogens (primary N) is 1. The van der Waals surface area contributed by atoms with Gasteiger partial charge in [0.15, 0.2) is 0 Å². The van der Waals surface area contributed by atoms with E-state index in [2.05, 4.69) is 12.2 Å². The van der Waals surface area contributed by atoms with Crippen molar-refractivity contribution in [3.8, 4) is 0 Å². The molecular weight excluding hydrogens is 267 g/mol. The monoisotopic (exact) mass is 286 g/mol. The van der Waals surface area contributed by atoms with Gasteiger partial charge in [-0.3, -0.25) is 0 Å². The molecule has 0 saturated heterocycles. The van der Waals surface area contributed by atoms with Crippen molar-refractivity contribution < 1.29 is 0 Å². The number of rotatable bonds is 4. The highest BCUT2D eigenvalue weighted by Gasteiger charge is 2.25. The first-order valence-corrected chi connectivity index (χ1v) is 7.27. The molecule has 2 rings (SSSR count). The van der Waals surface area contributed by atoms with E-state index in [1.54, 1.807) is 0 Å². The van der Waals surface area contributed by atoms with Crippen LogP contribution in [-0.2, 0) is 0 Å². The minimum atomic E-state index is 0.0431. The summed E-state index contributed by atoms with van der Waals surface area (Å²) in [7, 11) is 0. The number of hydrogen-bond donors (Lipinski definition) is 2. The van der Waals surface area contributed by atoms with Gasteiger partial charge in [-0.25, -0.2) is 0 Å². The number of nitrogens with one attached hydrogen (secondary N) is 1. The van der Waals surface area contributed by atoms with Gasteiger partial charge in [-0.05, 0) is 37.3 Å². The van der Waals surface area contributed by atoms with Crippen LogP contribution in [0.5, 0.6) is 0 Å². The first-order chi connectivity index (χ1) is 8.61. The topological polar surface area (TPSA) is 38.0 Å². The van der Waals surface area contributed by atoms with Crippen LogP contribution >= 0.6 is 23.2 Å². The second kappa shape index (κ2) is 6.25. The molecule has 0 aromatic heterocycles. The van der Waals surface area contributed by atoms with Gasteiger partial charge in [-0.15, -0.1) is 0 Å². The predicted octanol–water partition coefficient (Wildman–Crippen LogP) is 3.77. The fourth-order valence-corrected chi connectivity index (χ4v) is 3.42. The van der Waals surface area contributed by atoms with E-state index in [9.17, 15) is 0 Å². The van der Waals surface area contributed by atoms with Crippen molar-refractivity contribution in [3.63, 3.8) is 0 Å². The van der Waals surface area contributed by atoms with Crippen molar-refractivity contribution in [3.05, 3.63) is 33.8 Å². The molecule has 1 saturated carbocycles. The number of benzene rings is 1. The summed E-state index contributed by atoms with van der Waals surface area (Å²) in [6.07, 6.45) is 3.70. The molecular formula is C14H20Cl2N2. The van der Waals surface area contributed by atoms with Gasteiger partial charge in [0.2, 0.25) is 0 Å². The van der Waals surface area contributed by atoms with Gasteiger partial charge in [-0.1, -0.05) is 36.2 Å². The lowest BCUT2D eigenvalue weighted by atomic mass is 10.0. The van der Waals surface area contributed by atoms with Gasteiger partial charge in [0.1, 0.15) is 0 Å². The maximum Gasteiger partial charge on any atom is 0.0476 e. The van der Waals surface area contributed by atoms with Crippen molar-refractivity contribution >= 4 is 23.2 Å². The second-order valence-electron chi connectivity index (χ2n) is 5.21. The SMILES string of the molecule is CC1CCC(NC(CN)c2c(Cl)cccc2Cl)C1. The highest BCUT2D eigenvalue weighted by atomic mass is 35.5. The summed E-state index contributed by atoms with van der Waals surface area (Å²) < 4.78 is 0. The molecule has 4 heteroatoms. The number of halogens is 2. The molecule has 3 N–H and O–H groups in total. The molecule has 1 aromatic rings. The van der Waals surface area contributed by atoms with Crippen LogP contribution in [0.25, 0.3) is 0 Å². The van der Waals surface area contributed by atoms with Gasteiger partial charge in [0.05, 0.1) is 0 Å². The predicted molar refractivity (Wildman–Crippen MR) is 78.2 cm³/mol. The molecule has 2 nitrogen and oxygen atoms in total. The van der Waals surface area contributed by atoms with Crippen molar-refractivity contribution in [1.29, 1.82) is 0 Å². The first-order valence-electron chi connectivity index (χ1n) is 6.51. The summed E-state index contributed by atoms with van der Waals surface area (Å²) in [5, 5.41) is 4.98. The summed E-state index contributed by atoms with van der Waals surface area (Å²) in [6, 6.07) is 6.16. The van der Waals surface area contributed by atoms with Crippen LogP contribution in [0.3, 0.4) is 0 Å². The molecule has 0 aliphatic heterocycles. The average Bonchev–Trinajstić information content (AvgIpc) is 2.73. The smallest absolute Gasteiger partial charge is 0.0476 e. The van der Waals surface area contributed by atoms with Gasteiger partial charge in [0, 0.05) is 34.2 Å². The van der Waals surface area contributed by atoms with Crippen molar-refractivity contribution in [1.82, 2.24) is 5.32 Å². The Morgan fingerprint density at radius 3 is 2.50 bits per heavy atom. The highest BCUT2D eigenvalue weighted by molar-refractivity contribution is 6.36. The number of hydrogen-bond acceptors (Lipinski definition) is 2. The molecule has 3 atom stereocenters. The summed E-state index contributed by atoms with van der Waals surface area (Å²) >= 11 is 12.5. The van der Waals surface area contributed by atoms with Gasteiger partial charge < -0.3 is 11.1 Å². The van der Waals surface area contributed by atoms with Crippen LogP contribution in [0.2, 0.25) is 10.0 Å². The molecule has 1 aliphatic rings. The Morgan fingerprint density at radius 1 is 1.33 bits per heavy atom. The van der Waals surface area contributed by atoms with Crippen LogP contribution in [0.4, 0.5) is 0 Å². The zero-order chi connectivity index (χ0) is 13.1. The van der Waals surface area contributed by atoms with E-state index in [0.29, 0.717) is 22.6 Å². The Labute approximate surface area is 119 Å². The third kappa shape index (κ3) is 3.18. The molecule has 0 bridgehead atoms. The van der Waals surface area contributed by atoms with Crippen molar-refractivity contribution in [2.75, 3.05) is 6.54 Å². The summed E-state index contributed by atoms with van der Waals surface area (Å²) in [4.78, 5) is 0. The fraction of sp³-hybridized carbons (Fsp3) is 0.571. The Morgan fingerprint density at radius 2 is 2.00 bits per heavy atom. The molecule has 0 heterocycles. The van der Waals surface area contributed by atoms with Crippen molar-refractivity contribution in [2.24, 2.45) is 11.7 Å². The van der Waals surface area contributed by atoms with Crippen LogP contribution in [0, 0.1) is 5.92 Å². The molecule has 100 valence electrons. The Hall–Kier alpha value is -0.280. The van der Waals surface area contributed by atoms with Gasteiger partial charge in [0.25, 0.3) is 0 Å². The van der Waals surface area contributed by atoms with E-state index >= 15 is 0 Å². The largest absolute Gasteiger partial charge is 0.329 e. The molecule has 0 radical (unpaired) electrons. The standard InChI is InChI=1S/C14H20Cl2N2/c1-9-5-6-10(7-9)18-13(8-17)14-11(15)3-2-4-12(14)16/h2-4,9-10,13,18H,5-8,17H2,1H3. The van der Waals surface area contributed by atoms with E-state index in [4.69, 9.17) is 28.9 Å². The third-order valence-corrected chi connectivity index (χ3v) is 4.37. The lowest BCUT2D eigenvalue weighted by molar-refractivity contribution is 0.434. The average molecular weight is 287 g/mol. The van der Waals surface area contributed by atoms with E-state index < -0.39 is 0 Å². The van der Waals surface area contributed by atoms with E-state index in [1.807, 2.05) is 18.2 Å². The maximum atomic E-state index is 6.24. The van der Waals surface area contributed by atoms with Gasteiger partial charge in [-0.2, -0.15) is 0 Å². The summed E-state index contributed by atoms with van der Waals surface area (Å²) in [5.41, 5.74) is 6.81. The first kappa shape index (κ1) is 14.1. The molecule has 3 unspecified atom stereocenters. The normalized spacial score (nSPS) is 25.3. The zero-order valence-electron chi connectivity index (χ0n) is 10.6. The van der Waals surface area contributed by atoms with E-state index in [0.717, 1.165) is 11.5 Å². The zero-order valence-corrected chi connectivity index (χ0v) is 12.1. The maximum absolute atomic E-state index is 6.24. The Balaban J connectivity index is 2.13. The minimum Gasteiger partial charge on any atom is -0.329 e. The Bertz CT molecular complexity index is 389. The van der Waals surface area contributed by atoms with Crippen LogP contribution < -0.4 is 11.1 Å². The minimum absolute atomic E-state index is 0.0431. The van der Waals surface area contributed by atoms with Gasteiger partial charge >= 0.3 is 0 Å². The van der Waals surface area contributed by atoms with Crippen LogP contribution in [0.15, 0.2) is 18.2 Å². The molecule has 18 heavy (non-hydrogen) atoms. The summed E-state index contributed by atoms with van der Waals surface area (Å²) in [5.74, 6) is 0.794. The quantitative estimate of drug-likeness (QED) is 0.884. The molecule has 1 aromatic carbocycles. The van der Waals surface area contributed by atoms with E-state index in [-0.39, 0.29) is 6.04 Å². The lowest BCUT2D eigenvalue weighted by Gasteiger charge is -2.24. The molecule has 1 aliphatic carbocycles. The molecule has 1 fully saturated rings. The molecule has 0 spiro atoms. The second-order valence-corrected chi connectivity index (χ2v) is 6.02. The lowest BCUT2D eigenvalue weighted by Crippen LogP contribution is -2.35. The third-order valence-electron chi connectivity index (χ3n) is 3.72. The van der Waals surface area contributed by atoms with Crippen LogP contribution in [0.1, 0.15) is 37.8 Å².